The molecule has 116 valence electrons. The fourth-order valence-electron chi connectivity index (χ4n) is 1.76. The van der Waals surface area contributed by atoms with Gasteiger partial charge in [-0.15, -0.1) is 0 Å². The minimum absolute atomic E-state index is 0.00876. The van der Waals surface area contributed by atoms with Crippen molar-refractivity contribution < 1.29 is 23.1 Å². The van der Waals surface area contributed by atoms with Gasteiger partial charge in [0.1, 0.15) is 5.75 Å². The topological polar surface area (TPSA) is 101 Å². The zero-order chi connectivity index (χ0) is 16.2. The molecular weight excluding hydrogens is 318 g/mol. The van der Waals surface area contributed by atoms with Gasteiger partial charge in [0.15, 0.2) is 9.84 Å². The molecule has 0 heterocycles. The summed E-state index contributed by atoms with van der Waals surface area (Å²) in [5.41, 5.74) is -0.134. The zero-order valence-corrected chi connectivity index (χ0v) is 13.2. The fourth-order valence-corrected chi connectivity index (χ4v) is 3.53. The smallest absolute Gasteiger partial charge is 0.336 e. The van der Waals surface area contributed by atoms with Crippen LogP contribution in [0.15, 0.2) is 17.0 Å². The van der Waals surface area contributed by atoms with Crippen molar-refractivity contribution in [3.63, 3.8) is 0 Å². The van der Waals surface area contributed by atoms with Crippen LogP contribution in [0.4, 0.5) is 0 Å². The van der Waals surface area contributed by atoms with E-state index in [-0.39, 0.29) is 21.0 Å². The van der Waals surface area contributed by atoms with Crippen LogP contribution in [0.3, 0.4) is 0 Å². The van der Waals surface area contributed by atoms with E-state index in [0.717, 1.165) is 6.07 Å². The molecule has 0 spiro atoms. The molecule has 0 aliphatic rings. The third kappa shape index (κ3) is 4.44. The highest BCUT2D eigenvalue weighted by Crippen LogP contribution is 2.25. The van der Waals surface area contributed by atoms with Crippen LogP contribution in [0.5, 0.6) is 0 Å². The summed E-state index contributed by atoms with van der Waals surface area (Å²) in [5, 5.41) is 11.5. The Morgan fingerprint density at radius 1 is 1.33 bits per heavy atom. The van der Waals surface area contributed by atoms with Crippen molar-refractivity contribution in [3.8, 4) is 0 Å². The lowest BCUT2D eigenvalue weighted by molar-refractivity contribution is -0.118. The lowest BCUT2D eigenvalue weighted by Crippen LogP contribution is -2.31. The monoisotopic (exact) mass is 333 g/mol. The normalized spacial score (nSPS) is 11.2. The maximum Gasteiger partial charge on any atom is 0.336 e. The SMILES string of the molecule is CCCNC(=O)CS(=O)(=O)c1cc(Cl)cc(C(=O)O)c1C. The second kappa shape index (κ2) is 6.91. The number of nitrogens with one attached hydrogen (secondary N) is 1. The highest BCUT2D eigenvalue weighted by atomic mass is 35.5. The summed E-state index contributed by atoms with van der Waals surface area (Å²) in [6.07, 6.45) is 0.686. The molecular formula is C13H16ClNO5S. The Bertz CT molecular complexity index is 669. The molecule has 2 N–H and O–H groups in total. The predicted molar refractivity (Wildman–Crippen MR) is 78.5 cm³/mol. The van der Waals surface area contributed by atoms with Gasteiger partial charge in [-0.3, -0.25) is 4.79 Å². The van der Waals surface area contributed by atoms with E-state index in [2.05, 4.69) is 5.32 Å². The van der Waals surface area contributed by atoms with Crippen molar-refractivity contribution in [2.75, 3.05) is 12.3 Å². The first-order valence-electron chi connectivity index (χ1n) is 6.22. The molecule has 0 fully saturated rings. The van der Waals surface area contributed by atoms with E-state index in [1.807, 2.05) is 6.92 Å². The van der Waals surface area contributed by atoms with Crippen molar-refractivity contribution in [1.82, 2.24) is 5.32 Å². The molecule has 0 unspecified atom stereocenters. The summed E-state index contributed by atoms with van der Waals surface area (Å²) >= 11 is 5.76. The first kappa shape index (κ1) is 17.5. The standard InChI is InChI=1S/C13H16ClNO5S/c1-3-4-15-12(16)7-21(19,20)11-6-9(14)5-10(8(11)2)13(17)18/h5-6H,3-4,7H2,1-2H3,(H,15,16)(H,17,18). The highest BCUT2D eigenvalue weighted by molar-refractivity contribution is 7.92. The Kier molecular flexibility index (Phi) is 5.74. The molecule has 0 atom stereocenters. The fraction of sp³-hybridized carbons (Fsp3) is 0.385. The van der Waals surface area contributed by atoms with E-state index >= 15 is 0 Å². The van der Waals surface area contributed by atoms with E-state index in [4.69, 9.17) is 16.7 Å². The number of carboxylic acid groups (broad SMARTS) is 1. The van der Waals surface area contributed by atoms with E-state index in [1.165, 1.54) is 13.0 Å². The molecule has 1 rings (SSSR count). The summed E-state index contributed by atoms with van der Waals surface area (Å²) in [7, 11) is -3.96. The first-order valence-corrected chi connectivity index (χ1v) is 8.25. The van der Waals surface area contributed by atoms with Gasteiger partial charge in [0, 0.05) is 11.6 Å². The van der Waals surface area contributed by atoms with Gasteiger partial charge in [0.2, 0.25) is 5.91 Å². The van der Waals surface area contributed by atoms with Crippen LogP contribution in [-0.2, 0) is 14.6 Å². The Morgan fingerprint density at radius 3 is 2.48 bits per heavy atom. The van der Waals surface area contributed by atoms with Gasteiger partial charge < -0.3 is 10.4 Å². The number of carboxylic acids is 1. The quantitative estimate of drug-likeness (QED) is 0.824. The third-order valence-corrected chi connectivity index (χ3v) is 4.74. The molecule has 6 nitrogen and oxygen atoms in total. The van der Waals surface area contributed by atoms with Crippen molar-refractivity contribution >= 4 is 33.3 Å². The number of hydrogen-bond donors (Lipinski definition) is 2. The number of rotatable bonds is 6. The summed E-state index contributed by atoms with van der Waals surface area (Å²) in [5.74, 6) is -2.65. The number of halogens is 1. The van der Waals surface area contributed by atoms with E-state index < -0.39 is 27.5 Å². The van der Waals surface area contributed by atoms with Crippen molar-refractivity contribution in [3.05, 3.63) is 28.3 Å². The molecule has 0 aliphatic heterocycles. The summed E-state index contributed by atoms with van der Waals surface area (Å²) in [6, 6.07) is 2.33. The van der Waals surface area contributed by atoms with E-state index in [1.54, 1.807) is 0 Å². The molecule has 0 aliphatic carbocycles. The molecule has 0 aromatic heterocycles. The van der Waals surface area contributed by atoms with Gasteiger partial charge in [-0.25, -0.2) is 13.2 Å². The largest absolute Gasteiger partial charge is 0.478 e. The van der Waals surface area contributed by atoms with E-state index in [0.29, 0.717) is 13.0 Å². The minimum Gasteiger partial charge on any atom is -0.478 e. The summed E-state index contributed by atoms with van der Waals surface area (Å²) in [4.78, 5) is 22.4. The second-order valence-electron chi connectivity index (χ2n) is 4.49. The molecule has 0 bridgehead atoms. The number of benzene rings is 1. The van der Waals surface area contributed by atoms with Gasteiger partial charge in [0.25, 0.3) is 0 Å². The Hall–Kier alpha value is -1.60. The lowest BCUT2D eigenvalue weighted by Gasteiger charge is -2.11. The Labute approximate surface area is 128 Å². The molecule has 1 amide bonds. The minimum atomic E-state index is -3.96. The average Bonchev–Trinajstić information content (AvgIpc) is 2.37. The van der Waals surface area contributed by atoms with Crippen LogP contribution in [-0.4, -0.2) is 37.7 Å². The molecule has 21 heavy (non-hydrogen) atoms. The van der Waals surface area contributed by atoms with Crippen LogP contribution in [0, 0.1) is 6.92 Å². The summed E-state index contributed by atoms with van der Waals surface area (Å²) in [6.45, 7) is 3.59. The van der Waals surface area contributed by atoms with Gasteiger partial charge in [0.05, 0.1) is 10.5 Å². The van der Waals surface area contributed by atoms with Gasteiger partial charge in [-0.1, -0.05) is 18.5 Å². The summed E-state index contributed by atoms with van der Waals surface area (Å²) < 4.78 is 24.5. The van der Waals surface area contributed by atoms with Crippen LogP contribution < -0.4 is 5.32 Å². The molecule has 0 radical (unpaired) electrons. The van der Waals surface area contributed by atoms with Crippen LogP contribution >= 0.6 is 11.6 Å². The van der Waals surface area contributed by atoms with Crippen molar-refractivity contribution in [2.45, 2.75) is 25.2 Å². The molecule has 0 saturated carbocycles. The maximum absolute atomic E-state index is 12.2. The lowest BCUT2D eigenvalue weighted by atomic mass is 10.1. The zero-order valence-electron chi connectivity index (χ0n) is 11.6. The first-order chi connectivity index (χ1) is 9.69. The number of hydrogen-bond acceptors (Lipinski definition) is 4. The van der Waals surface area contributed by atoms with Gasteiger partial charge in [-0.05, 0) is 31.0 Å². The second-order valence-corrected chi connectivity index (χ2v) is 6.89. The van der Waals surface area contributed by atoms with E-state index in [9.17, 15) is 18.0 Å². The van der Waals surface area contributed by atoms with Crippen LogP contribution in [0.1, 0.15) is 29.3 Å². The van der Waals surface area contributed by atoms with Crippen molar-refractivity contribution in [2.24, 2.45) is 0 Å². The molecule has 1 aromatic carbocycles. The number of aromatic carboxylic acids is 1. The number of carbonyl (C=O) groups excluding carboxylic acids is 1. The highest BCUT2D eigenvalue weighted by Gasteiger charge is 2.24. The average molecular weight is 334 g/mol. The molecule has 8 heteroatoms. The van der Waals surface area contributed by atoms with Crippen LogP contribution in [0.2, 0.25) is 5.02 Å². The Balaban J connectivity index is 3.20. The predicted octanol–water partition coefficient (Wildman–Crippen LogP) is 1.65. The number of sulfone groups is 1. The molecule has 1 aromatic rings. The van der Waals surface area contributed by atoms with Crippen molar-refractivity contribution in [1.29, 1.82) is 0 Å². The third-order valence-electron chi connectivity index (χ3n) is 2.78. The number of amides is 1. The number of carbonyl (C=O) groups is 2. The Morgan fingerprint density at radius 2 is 1.95 bits per heavy atom. The van der Waals surface area contributed by atoms with Gasteiger partial charge in [-0.2, -0.15) is 0 Å². The maximum atomic E-state index is 12.2. The van der Waals surface area contributed by atoms with Crippen LogP contribution in [0.25, 0.3) is 0 Å². The molecule has 0 saturated heterocycles. The van der Waals surface area contributed by atoms with Gasteiger partial charge >= 0.3 is 5.97 Å².